The topological polar surface area (TPSA) is 58.6 Å². The van der Waals surface area contributed by atoms with Gasteiger partial charge in [-0.15, -0.1) is 0 Å². The molecule has 1 saturated heterocycles. The largest absolute Gasteiger partial charge is 0.478 e. The lowest BCUT2D eigenvalue weighted by atomic mass is 10.0. The fourth-order valence-electron chi connectivity index (χ4n) is 3.32. The number of hydrogen-bond donors (Lipinski definition) is 1. The first-order valence-electron chi connectivity index (χ1n) is 9.55. The Kier molecular flexibility index (Phi) is 6.42. The summed E-state index contributed by atoms with van der Waals surface area (Å²) in [5, 5.41) is 3.56. The van der Waals surface area contributed by atoms with E-state index in [0.29, 0.717) is 42.3 Å². The highest BCUT2D eigenvalue weighted by Crippen LogP contribution is 2.24. The molecule has 0 aliphatic carbocycles. The monoisotopic (exact) mass is 418 g/mol. The molecule has 1 heterocycles. The number of piperidine rings is 1. The number of amides is 2. The summed E-state index contributed by atoms with van der Waals surface area (Å²) in [5.41, 5.74) is -0.597. The van der Waals surface area contributed by atoms with E-state index >= 15 is 0 Å². The third-order valence-electron chi connectivity index (χ3n) is 4.93. The van der Waals surface area contributed by atoms with Gasteiger partial charge in [0.15, 0.2) is 5.60 Å². The van der Waals surface area contributed by atoms with Crippen LogP contribution in [-0.2, 0) is 4.79 Å². The highest BCUT2D eigenvalue weighted by atomic mass is 35.5. The molecule has 2 aromatic carbocycles. The molecule has 0 atom stereocenters. The Bertz CT molecular complexity index is 861. The summed E-state index contributed by atoms with van der Waals surface area (Å²) < 4.78 is 18.9. The first kappa shape index (κ1) is 21.1. The molecule has 2 aromatic rings. The van der Waals surface area contributed by atoms with Crippen molar-refractivity contribution in [3.63, 3.8) is 0 Å². The number of halogens is 2. The lowest BCUT2D eigenvalue weighted by molar-refractivity contribution is -0.146. The third kappa shape index (κ3) is 5.48. The number of rotatable bonds is 5. The van der Waals surface area contributed by atoms with E-state index in [1.165, 1.54) is 24.3 Å². The normalized spacial score (nSPS) is 15.1. The molecule has 0 unspecified atom stereocenters. The number of carbonyl (C=O) groups is 2. The summed E-state index contributed by atoms with van der Waals surface area (Å²) in [6.07, 6.45) is 1.30. The van der Waals surface area contributed by atoms with Crippen LogP contribution in [0.25, 0.3) is 0 Å². The smallest absolute Gasteiger partial charge is 0.266 e. The maximum atomic E-state index is 13.0. The van der Waals surface area contributed by atoms with Gasteiger partial charge in [0.25, 0.3) is 11.8 Å². The summed E-state index contributed by atoms with van der Waals surface area (Å²) in [5.74, 6) is -0.136. The second-order valence-electron chi connectivity index (χ2n) is 7.61. The van der Waals surface area contributed by atoms with Crippen LogP contribution in [0.1, 0.15) is 37.0 Å². The molecule has 0 saturated carbocycles. The van der Waals surface area contributed by atoms with Gasteiger partial charge in [0.2, 0.25) is 0 Å². The molecule has 154 valence electrons. The Balaban J connectivity index is 1.52. The minimum absolute atomic E-state index is 0.0306. The van der Waals surface area contributed by atoms with Gasteiger partial charge in [-0.3, -0.25) is 9.59 Å². The van der Waals surface area contributed by atoms with Crippen LogP contribution < -0.4 is 10.1 Å². The summed E-state index contributed by atoms with van der Waals surface area (Å²) in [7, 11) is 0. The molecule has 1 fully saturated rings. The lowest BCUT2D eigenvalue weighted by Gasteiger charge is -2.37. The van der Waals surface area contributed by atoms with Crippen LogP contribution in [0.4, 0.5) is 4.39 Å². The molecule has 0 spiro atoms. The first-order valence-corrected chi connectivity index (χ1v) is 9.93. The molecule has 5 nitrogen and oxygen atoms in total. The van der Waals surface area contributed by atoms with Crippen molar-refractivity contribution in [3.8, 4) is 5.75 Å². The van der Waals surface area contributed by atoms with E-state index < -0.39 is 5.60 Å². The van der Waals surface area contributed by atoms with Crippen molar-refractivity contribution < 1.29 is 18.7 Å². The van der Waals surface area contributed by atoms with Crippen molar-refractivity contribution in [1.82, 2.24) is 10.2 Å². The van der Waals surface area contributed by atoms with Gasteiger partial charge in [0.05, 0.1) is 0 Å². The summed E-state index contributed by atoms with van der Waals surface area (Å²) in [4.78, 5) is 27.0. The molecule has 1 aliphatic heterocycles. The average Bonchev–Trinajstić information content (AvgIpc) is 2.70. The Morgan fingerprint density at radius 1 is 1.07 bits per heavy atom. The van der Waals surface area contributed by atoms with Crippen LogP contribution in [0.2, 0.25) is 5.02 Å². The molecular weight excluding hydrogens is 395 g/mol. The van der Waals surface area contributed by atoms with Crippen molar-refractivity contribution in [2.45, 2.75) is 38.3 Å². The minimum Gasteiger partial charge on any atom is -0.478 e. The molecule has 1 N–H and O–H groups in total. The van der Waals surface area contributed by atoms with Gasteiger partial charge in [-0.05, 0) is 75.2 Å². The highest BCUT2D eigenvalue weighted by Gasteiger charge is 2.36. The number of hydrogen-bond acceptors (Lipinski definition) is 3. The molecule has 1 aliphatic rings. The van der Waals surface area contributed by atoms with Gasteiger partial charge in [0, 0.05) is 29.7 Å². The lowest BCUT2D eigenvalue weighted by Crippen LogP contribution is -2.53. The van der Waals surface area contributed by atoms with E-state index in [1.54, 1.807) is 43.0 Å². The zero-order valence-electron chi connectivity index (χ0n) is 16.5. The predicted molar refractivity (Wildman–Crippen MR) is 110 cm³/mol. The van der Waals surface area contributed by atoms with Gasteiger partial charge in [0.1, 0.15) is 11.6 Å². The molecule has 7 heteroatoms. The predicted octanol–water partition coefficient (Wildman–Crippen LogP) is 4.06. The first-order chi connectivity index (χ1) is 13.7. The third-order valence-corrected chi connectivity index (χ3v) is 5.18. The molecular formula is C22H24ClFN2O3. The van der Waals surface area contributed by atoms with E-state index in [4.69, 9.17) is 16.3 Å². The standard InChI is InChI=1S/C22H24ClFN2O3/c1-22(2,29-19-9-5-16(23)6-10-19)21(28)26-13-11-18(12-14-26)25-20(27)15-3-7-17(24)8-4-15/h3-10,18H,11-14H2,1-2H3,(H,25,27). The SMILES string of the molecule is CC(C)(Oc1ccc(Cl)cc1)C(=O)N1CCC(NC(=O)c2ccc(F)cc2)CC1. The number of ether oxygens (including phenoxy) is 1. The number of nitrogens with one attached hydrogen (secondary N) is 1. The van der Waals surface area contributed by atoms with E-state index in [2.05, 4.69) is 5.32 Å². The summed E-state index contributed by atoms with van der Waals surface area (Å²) >= 11 is 5.89. The van der Waals surface area contributed by atoms with Crippen LogP contribution in [0.5, 0.6) is 5.75 Å². The molecule has 3 rings (SSSR count). The quantitative estimate of drug-likeness (QED) is 0.796. The van der Waals surface area contributed by atoms with Crippen molar-refractivity contribution in [2.75, 3.05) is 13.1 Å². The van der Waals surface area contributed by atoms with Crippen LogP contribution in [0.3, 0.4) is 0 Å². The van der Waals surface area contributed by atoms with E-state index in [1.807, 2.05) is 0 Å². The number of benzene rings is 2. The van der Waals surface area contributed by atoms with Crippen LogP contribution >= 0.6 is 11.6 Å². The Labute approximate surface area is 174 Å². The maximum absolute atomic E-state index is 13.0. The van der Waals surface area contributed by atoms with Crippen molar-refractivity contribution in [3.05, 3.63) is 64.9 Å². The molecule has 0 bridgehead atoms. The highest BCUT2D eigenvalue weighted by molar-refractivity contribution is 6.30. The average molecular weight is 419 g/mol. The zero-order chi connectivity index (χ0) is 21.0. The van der Waals surface area contributed by atoms with E-state index in [0.717, 1.165) is 0 Å². The number of likely N-dealkylation sites (tertiary alicyclic amines) is 1. The van der Waals surface area contributed by atoms with Crippen LogP contribution in [0.15, 0.2) is 48.5 Å². The van der Waals surface area contributed by atoms with E-state index in [-0.39, 0.29) is 23.7 Å². The molecule has 0 aromatic heterocycles. The Morgan fingerprint density at radius 2 is 1.66 bits per heavy atom. The van der Waals surface area contributed by atoms with Gasteiger partial charge in [-0.2, -0.15) is 0 Å². The van der Waals surface area contributed by atoms with Crippen LogP contribution in [0, 0.1) is 5.82 Å². The minimum atomic E-state index is -1.02. The van der Waals surface area contributed by atoms with E-state index in [9.17, 15) is 14.0 Å². The summed E-state index contributed by atoms with van der Waals surface area (Å²) in [6, 6.07) is 12.3. The zero-order valence-corrected chi connectivity index (χ0v) is 17.2. The Hall–Kier alpha value is -2.60. The van der Waals surface area contributed by atoms with Gasteiger partial charge in [-0.25, -0.2) is 4.39 Å². The molecule has 2 amide bonds. The van der Waals surface area contributed by atoms with Gasteiger partial charge < -0.3 is 15.0 Å². The van der Waals surface area contributed by atoms with Crippen molar-refractivity contribution >= 4 is 23.4 Å². The number of nitrogens with zero attached hydrogens (tertiary/aromatic N) is 1. The fourth-order valence-corrected chi connectivity index (χ4v) is 3.44. The fraction of sp³-hybridized carbons (Fsp3) is 0.364. The van der Waals surface area contributed by atoms with Gasteiger partial charge in [-0.1, -0.05) is 11.6 Å². The second kappa shape index (κ2) is 8.82. The number of carbonyl (C=O) groups excluding carboxylic acids is 2. The second-order valence-corrected chi connectivity index (χ2v) is 8.05. The van der Waals surface area contributed by atoms with Crippen LogP contribution in [-0.4, -0.2) is 41.4 Å². The molecule has 29 heavy (non-hydrogen) atoms. The van der Waals surface area contributed by atoms with Crippen molar-refractivity contribution in [2.24, 2.45) is 0 Å². The van der Waals surface area contributed by atoms with Crippen molar-refractivity contribution in [1.29, 1.82) is 0 Å². The Morgan fingerprint density at radius 3 is 2.24 bits per heavy atom. The maximum Gasteiger partial charge on any atom is 0.266 e. The summed E-state index contributed by atoms with van der Waals surface area (Å²) in [6.45, 7) is 4.54. The molecule has 0 radical (unpaired) electrons. The van der Waals surface area contributed by atoms with Gasteiger partial charge >= 0.3 is 0 Å².